The second-order valence-electron chi connectivity index (χ2n) is 9.28. The monoisotopic (exact) mass is 498 g/mol. The van der Waals surface area contributed by atoms with Gasteiger partial charge in [-0.1, -0.05) is 37.3 Å². The Bertz CT molecular complexity index is 1480. The smallest absolute Gasteiger partial charge is 0.330 e. The number of piperidine rings is 1. The fourth-order valence-electron chi connectivity index (χ4n) is 4.64. The maximum absolute atomic E-state index is 13.5. The van der Waals surface area contributed by atoms with Crippen LogP contribution < -0.4 is 16.0 Å². The van der Waals surface area contributed by atoms with Gasteiger partial charge in [-0.2, -0.15) is 4.72 Å². The van der Waals surface area contributed by atoms with Crippen LogP contribution in [0.25, 0.3) is 10.9 Å². The molecular formula is C25H30N4O5S. The maximum Gasteiger partial charge on any atom is 0.330 e. The van der Waals surface area contributed by atoms with Crippen molar-refractivity contribution in [2.45, 2.75) is 37.1 Å². The van der Waals surface area contributed by atoms with Crippen molar-refractivity contribution >= 4 is 26.8 Å². The second kappa shape index (κ2) is 9.79. The summed E-state index contributed by atoms with van der Waals surface area (Å²) in [6.07, 6.45) is 2.12. The van der Waals surface area contributed by atoms with Crippen molar-refractivity contribution in [1.82, 2.24) is 18.8 Å². The van der Waals surface area contributed by atoms with Gasteiger partial charge in [0.05, 0.1) is 15.8 Å². The third-order valence-corrected chi connectivity index (χ3v) is 8.06. The topological polar surface area (TPSA) is 110 Å². The molecule has 10 heteroatoms. The molecule has 0 radical (unpaired) electrons. The molecule has 3 aromatic rings. The molecule has 35 heavy (non-hydrogen) atoms. The van der Waals surface area contributed by atoms with Crippen molar-refractivity contribution in [3.63, 3.8) is 0 Å². The Kier molecular flexibility index (Phi) is 6.95. The van der Waals surface area contributed by atoms with Crippen molar-refractivity contribution in [1.29, 1.82) is 0 Å². The number of carbonyl (C=O) groups excluding carboxylic acids is 1. The van der Waals surface area contributed by atoms with Gasteiger partial charge in [0.2, 0.25) is 15.9 Å². The lowest BCUT2D eigenvalue weighted by Gasteiger charge is -2.33. The summed E-state index contributed by atoms with van der Waals surface area (Å²) >= 11 is 0. The number of carbonyl (C=O) groups is 1. The van der Waals surface area contributed by atoms with Crippen LogP contribution in [0.2, 0.25) is 0 Å². The summed E-state index contributed by atoms with van der Waals surface area (Å²) in [5.41, 5.74) is 0.0807. The van der Waals surface area contributed by atoms with Gasteiger partial charge in [0.15, 0.2) is 0 Å². The van der Waals surface area contributed by atoms with E-state index in [1.54, 1.807) is 4.90 Å². The van der Waals surface area contributed by atoms with Crippen molar-refractivity contribution in [2.24, 2.45) is 20.0 Å². The average Bonchev–Trinajstić information content (AvgIpc) is 2.85. The van der Waals surface area contributed by atoms with Gasteiger partial charge in [0, 0.05) is 27.2 Å². The number of fused-ring (bicyclic) bond motifs is 1. The lowest BCUT2D eigenvalue weighted by Crippen LogP contribution is -2.52. The third-order valence-electron chi connectivity index (χ3n) is 6.60. The van der Waals surface area contributed by atoms with E-state index in [1.165, 1.54) is 36.9 Å². The van der Waals surface area contributed by atoms with Crippen molar-refractivity contribution in [3.8, 4) is 0 Å². The number of amides is 1. The van der Waals surface area contributed by atoms with Crippen molar-refractivity contribution in [3.05, 3.63) is 74.9 Å². The number of aromatic nitrogens is 2. The molecule has 4 rings (SSSR count). The highest BCUT2D eigenvalue weighted by Gasteiger charge is 2.31. The van der Waals surface area contributed by atoms with Crippen LogP contribution in [0.3, 0.4) is 0 Å². The first-order chi connectivity index (χ1) is 16.6. The zero-order chi connectivity index (χ0) is 25.3. The Morgan fingerprint density at radius 1 is 1.09 bits per heavy atom. The molecule has 1 N–H and O–H groups in total. The van der Waals surface area contributed by atoms with Crippen LogP contribution in [0.15, 0.2) is 63.0 Å². The fourth-order valence-corrected chi connectivity index (χ4v) is 5.85. The van der Waals surface area contributed by atoms with Gasteiger partial charge in [-0.25, -0.2) is 13.2 Å². The molecule has 1 aromatic heterocycles. The van der Waals surface area contributed by atoms with Crippen molar-refractivity contribution < 1.29 is 13.2 Å². The van der Waals surface area contributed by atoms with E-state index in [0.717, 1.165) is 23.0 Å². The van der Waals surface area contributed by atoms with E-state index in [-0.39, 0.29) is 22.6 Å². The first-order valence-electron chi connectivity index (χ1n) is 11.6. The molecule has 0 spiro atoms. The molecule has 0 bridgehead atoms. The largest absolute Gasteiger partial charge is 0.341 e. The number of benzene rings is 2. The highest BCUT2D eigenvalue weighted by molar-refractivity contribution is 7.89. The molecule has 186 valence electrons. The van der Waals surface area contributed by atoms with E-state index in [9.17, 15) is 22.8 Å². The van der Waals surface area contributed by atoms with Gasteiger partial charge in [0.25, 0.3) is 5.56 Å². The predicted molar refractivity (Wildman–Crippen MR) is 134 cm³/mol. The molecule has 0 aliphatic carbocycles. The normalized spacial score (nSPS) is 17.5. The Morgan fingerprint density at radius 3 is 2.49 bits per heavy atom. The molecule has 2 aromatic carbocycles. The highest BCUT2D eigenvalue weighted by atomic mass is 32.2. The van der Waals surface area contributed by atoms with Crippen LogP contribution in [0.4, 0.5) is 0 Å². The van der Waals surface area contributed by atoms with Crippen molar-refractivity contribution in [2.75, 3.05) is 13.1 Å². The van der Waals surface area contributed by atoms with E-state index in [1.807, 2.05) is 30.3 Å². The Balaban J connectivity index is 1.71. The minimum absolute atomic E-state index is 0.105. The minimum atomic E-state index is -4.15. The standard InChI is InChI=1S/C25H30N4O5S/c1-17-8-7-13-29(16-17)24(31)21(14-18-9-5-4-6-10-18)26-35(33,34)19-11-12-22-20(15-19)23(30)28(3)25(32)27(22)2/h4-6,9-12,15,17,21,26H,7-8,13-14,16H2,1-3H3/t17-,21+/m0/s1. The maximum atomic E-state index is 13.5. The predicted octanol–water partition coefficient (Wildman–Crippen LogP) is 1.39. The molecule has 9 nitrogen and oxygen atoms in total. The van der Waals surface area contributed by atoms with Crippen LogP contribution in [0.5, 0.6) is 0 Å². The fraction of sp³-hybridized carbons (Fsp3) is 0.400. The first-order valence-corrected chi connectivity index (χ1v) is 13.1. The van der Waals surface area contributed by atoms with Gasteiger partial charge in [0.1, 0.15) is 6.04 Å². The van der Waals surface area contributed by atoms with Crippen LogP contribution in [-0.2, 0) is 35.3 Å². The zero-order valence-corrected chi connectivity index (χ0v) is 20.9. The number of aryl methyl sites for hydroxylation is 1. The molecule has 2 heterocycles. The number of hydrogen-bond donors (Lipinski definition) is 1. The summed E-state index contributed by atoms with van der Waals surface area (Å²) in [5, 5.41) is 0.105. The summed E-state index contributed by atoms with van der Waals surface area (Å²) in [6.45, 7) is 3.26. The molecule has 1 aliphatic rings. The second-order valence-corrected chi connectivity index (χ2v) is 11.0. The quantitative estimate of drug-likeness (QED) is 0.552. The lowest BCUT2D eigenvalue weighted by atomic mass is 9.98. The van der Waals surface area contributed by atoms with Gasteiger partial charge in [-0.15, -0.1) is 0 Å². The Morgan fingerprint density at radius 2 is 1.80 bits per heavy atom. The summed E-state index contributed by atoms with van der Waals surface area (Å²) in [7, 11) is -1.29. The number of nitrogens with zero attached hydrogens (tertiary/aromatic N) is 3. The number of hydrogen-bond acceptors (Lipinski definition) is 5. The van der Waals surface area contributed by atoms with Gasteiger partial charge < -0.3 is 4.90 Å². The number of rotatable bonds is 6. The SMILES string of the molecule is C[C@H]1CCCN(C(=O)[C@@H](Cc2ccccc2)NS(=O)(=O)c2ccc3c(c2)c(=O)n(C)c(=O)n3C)C1. The Hall–Kier alpha value is -3.24. The van der Waals surface area contributed by atoms with Gasteiger partial charge in [-0.05, 0) is 48.9 Å². The summed E-state index contributed by atoms with van der Waals surface area (Å²) in [5.74, 6) is 0.0908. The van der Waals surface area contributed by atoms with Crippen LogP contribution in [0, 0.1) is 5.92 Å². The molecule has 2 atom stereocenters. The van der Waals surface area contributed by atoms with Crippen LogP contribution in [-0.4, -0.2) is 47.5 Å². The van der Waals surface area contributed by atoms with Gasteiger partial charge >= 0.3 is 5.69 Å². The first kappa shape index (κ1) is 24.9. The zero-order valence-electron chi connectivity index (χ0n) is 20.1. The van der Waals surface area contributed by atoms with Gasteiger partial charge in [-0.3, -0.25) is 18.7 Å². The van der Waals surface area contributed by atoms with E-state index in [4.69, 9.17) is 0 Å². The molecule has 0 saturated carbocycles. The van der Waals surface area contributed by atoms with Crippen LogP contribution in [0.1, 0.15) is 25.3 Å². The third kappa shape index (κ3) is 5.08. The summed E-state index contributed by atoms with van der Waals surface area (Å²) in [6, 6.07) is 12.3. The molecule has 1 saturated heterocycles. The summed E-state index contributed by atoms with van der Waals surface area (Å²) < 4.78 is 31.7. The van der Waals surface area contributed by atoms with E-state index in [0.29, 0.717) is 24.5 Å². The highest BCUT2D eigenvalue weighted by Crippen LogP contribution is 2.20. The van der Waals surface area contributed by atoms with E-state index in [2.05, 4.69) is 11.6 Å². The Labute approximate surface area is 204 Å². The van der Waals surface area contributed by atoms with E-state index >= 15 is 0 Å². The number of sulfonamides is 1. The number of nitrogens with one attached hydrogen (secondary N) is 1. The molecule has 1 amide bonds. The molecule has 1 aliphatic heterocycles. The molecular weight excluding hydrogens is 468 g/mol. The lowest BCUT2D eigenvalue weighted by molar-refractivity contribution is -0.134. The van der Waals surface area contributed by atoms with Crippen LogP contribution >= 0.6 is 0 Å². The molecule has 1 fully saturated rings. The molecule has 0 unspecified atom stereocenters. The minimum Gasteiger partial charge on any atom is -0.341 e. The number of likely N-dealkylation sites (tertiary alicyclic amines) is 1. The summed E-state index contributed by atoms with van der Waals surface area (Å²) in [4.78, 5) is 39.9. The van der Waals surface area contributed by atoms with E-state index < -0.39 is 27.3 Å². The average molecular weight is 499 g/mol.